The highest BCUT2D eigenvalue weighted by Crippen LogP contribution is 2.22. The second-order valence-corrected chi connectivity index (χ2v) is 7.94. The monoisotopic (exact) mass is 416 g/mol. The molecule has 0 fully saturated rings. The molecule has 0 aromatic heterocycles. The van der Waals surface area contributed by atoms with Crippen molar-refractivity contribution in [3.05, 3.63) is 89.5 Å². The molecule has 3 aromatic carbocycles. The van der Waals surface area contributed by atoms with Crippen LogP contribution < -0.4 is 10.0 Å². The molecule has 0 atom stereocenters. The smallest absolute Gasteiger partial charge is 0.261 e. The van der Waals surface area contributed by atoms with Crippen LogP contribution in [0.3, 0.4) is 0 Å². The van der Waals surface area contributed by atoms with Gasteiger partial charge in [0.25, 0.3) is 15.9 Å². The van der Waals surface area contributed by atoms with Gasteiger partial charge in [-0.3, -0.25) is 9.52 Å². The largest absolute Gasteiger partial charge is 0.319 e. The van der Waals surface area contributed by atoms with Crippen molar-refractivity contribution in [3.8, 4) is 0 Å². The molecule has 150 valence electrons. The van der Waals surface area contributed by atoms with Gasteiger partial charge in [0, 0.05) is 11.3 Å². The van der Waals surface area contributed by atoms with E-state index in [2.05, 4.69) is 10.0 Å². The third kappa shape index (κ3) is 4.97. The maximum absolute atomic E-state index is 14.4. The van der Waals surface area contributed by atoms with Crippen molar-refractivity contribution in [3.63, 3.8) is 0 Å². The van der Waals surface area contributed by atoms with E-state index >= 15 is 0 Å². The zero-order chi connectivity index (χ0) is 21.0. The first-order valence-corrected chi connectivity index (χ1v) is 10.2. The highest BCUT2D eigenvalue weighted by Gasteiger charge is 2.18. The molecule has 0 bridgehead atoms. The lowest BCUT2D eigenvalue weighted by Gasteiger charge is -2.11. The number of sulfonamides is 1. The predicted octanol–water partition coefficient (Wildman–Crippen LogP) is 4.58. The number of carbonyl (C=O) groups excluding carboxylic acids is 1. The molecule has 29 heavy (non-hydrogen) atoms. The molecule has 0 saturated heterocycles. The van der Waals surface area contributed by atoms with Crippen LogP contribution in [0, 0.1) is 11.6 Å². The van der Waals surface area contributed by atoms with Crippen LogP contribution in [-0.4, -0.2) is 14.3 Å². The van der Waals surface area contributed by atoms with E-state index in [0.29, 0.717) is 5.69 Å². The van der Waals surface area contributed by atoms with Gasteiger partial charge in [-0.25, -0.2) is 17.2 Å². The van der Waals surface area contributed by atoms with Crippen LogP contribution in [-0.2, 0) is 16.4 Å². The van der Waals surface area contributed by atoms with Gasteiger partial charge in [-0.05, 0) is 66.6 Å². The minimum Gasteiger partial charge on any atom is -0.319 e. The first-order chi connectivity index (χ1) is 13.8. The molecule has 0 heterocycles. The summed E-state index contributed by atoms with van der Waals surface area (Å²) < 4.78 is 54.7. The van der Waals surface area contributed by atoms with E-state index in [4.69, 9.17) is 0 Å². The van der Waals surface area contributed by atoms with Gasteiger partial charge in [-0.1, -0.05) is 19.1 Å². The maximum Gasteiger partial charge on any atom is 0.261 e. The Hall–Kier alpha value is -3.26. The average molecular weight is 416 g/mol. The molecule has 3 aromatic rings. The first kappa shape index (κ1) is 20.5. The van der Waals surface area contributed by atoms with Crippen molar-refractivity contribution in [1.82, 2.24) is 0 Å². The van der Waals surface area contributed by atoms with E-state index < -0.39 is 27.6 Å². The van der Waals surface area contributed by atoms with Crippen LogP contribution in [0.25, 0.3) is 0 Å². The third-order valence-corrected chi connectivity index (χ3v) is 5.60. The summed E-state index contributed by atoms with van der Waals surface area (Å²) in [4.78, 5) is 11.8. The van der Waals surface area contributed by atoms with E-state index in [1.54, 1.807) is 24.3 Å². The van der Waals surface area contributed by atoms with Crippen molar-refractivity contribution >= 4 is 27.3 Å². The molecular weight excluding hydrogens is 398 g/mol. The predicted molar refractivity (Wildman–Crippen MR) is 107 cm³/mol. The lowest BCUT2D eigenvalue weighted by atomic mass is 10.2. The first-order valence-electron chi connectivity index (χ1n) is 8.77. The molecule has 0 spiro atoms. The van der Waals surface area contributed by atoms with Crippen LogP contribution in [0.15, 0.2) is 71.6 Å². The van der Waals surface area contributed by atoms with E-state index in [1.807, 2.05) is 6.92 Å². The van der Waals surface area contributed by atoms with Gasteiger partial charge in [0.05, 0.1) is 10.6 Å². The van der Waals surface area contributed by atoms with Crippen molar-refractivity contribution in [2.75, 3.05) is 10.0 Å². The Bertz CT molecular complexity index is 1130. The Morgan fingerprint density at radius 1 is 0.931 bits per heavy atom. The van der Waals surface area contributed by atoms with Gasteiger partial charge in [-0.15, -0.1) is 0 Å². The van der Waals surface area contributed by atoms with Gasteiger partial charge in [0.2, 0.25) is 0 Å². The SMILES string of the molecule is CCc1ccc(NS(=O)(=O)c2ccc(NC(=O)c3ccc(F)cc3)c(F)c2)cc1. The highest BCUT2D eigenvalue weighted by atomic mass is 32.2. The van der Waals surface area contributed by atoms with E-state index in [9.17, 15) is 22.0 Å². The molecule has 2 N–H and O–H groups in total. The Kier molecular flexibility index (Phi) is 5.93. The standard InChI is InChI=1S/C21H18F2N2O3S/c1-2-14-3-9-17(10-4-14)25-29(27,28)18-11-12-20(19(23)13-18)24-21(26)15-5-7-16(22)8-6-15/h3-13,25H,2H2,1H3,(H,24,26). The van der Waals surface area contributed by atoms with Crippen LogP contribution in [0.5, 0.6) is 0 Å². The minimum absolute atomic E-state index is 0.139. The van der Waals surface area contributed by atoms with E-state index in [-0.39, 0.29) is 16.1 Å². The molecule has 0 radical (unpaired) electrons. The fraction of sp³-hybridized carbons (Fsp3) is 0.0952. The fourth-order valence-corrected chi connectivity index (χ4v) is 3.65. The van der Waals surface area contributed by atoms with Crippen LogP contribution in [0.1, 0.15) is 22.8 Å². The zero-order valence-corrected chi connectivity index (χ0v) is 16.3. The Balaban J connectivity index is 1.76. The summed E-state index contributed by atoms with van der Waals surface area (Å²) in [5, 5.41) is 2.34. The number of aryl methyl sites for hydroxylation is 1. The highest BCUT2D eigenvalue weighted by molar-refractivity contribution is 7.92. The molecule has 0 saturated carbocycles. The molecule has 8 heteroatoms. The average Bonchev–Trinajstić information content (AvgIpc) is 2.70. The number of rotatable bonds is 6. The van der Waals surface area contributed by atoms with Crippen LogP contribution >= 0.6 is 0 Å². The van der Waals surface area contributed by atoms with Gasteiger partial charge in [-0.2, -0.15) is 0 Å². The Labute approximate surface area is 167 Å². The number of halogens is 2. The number of hydrogen-bond acceptors (Lipinski definition) is 3. The topological polar surface area (TPSA) is 75.3 Å². The molecule has 1 amide bonds. The van der Waals surface area contributed by atoms with Gasteiger partial charge < -0.3 is 5.32 Å². The van der Waals surface area contributed by atoms with Gasteiger partial charge in [0.15, 0.2) is 0 Å². The summed E-state index contributed by atoms with van der Waals surface area (Å²) in [7, 11) is -4.00. The molecule has 0 aliphatic carbocycles. The number of benzene rings is 3. The van der Waals surface area contributed by atoms with Crippen LogP contribution in [0.2, 0.25) is 0 Å². The van der Waals surface area contributed by atoms with E-state index in [0.717, 1.165) is 36.2 Å². The second kappa shape index (κ2) is 8.40. The summed E-state index contributed by atoms with van der Waals surface area (Å²) in [5.41, 5.74) is 1.36. The quantitative estimate of drug-likeness (QED) is 0.618. The number of carbonyl (C=O) groups is 1. The summed E-state index contributed by atoms with van der Waals surface area (Å²) in [6.07, 6.45) is 0.823. The number of hydrogen-bond donors (Lipinski definition) is 2. The lowest BCUT2D eigenvalue weighted by molar-refractivity contribution is 0.102. The van der Waals surface area contributed by atoms with E-state index in [1.165, 1.54) is 18.2 Å². The van der Waals surface area contributed by atoms with Crippen molar-refractivity contribution in [2.24, 2.45) is 0 Å². The molecule has 0 aliphatic heterocycles. The number of anilines is 2. The van der Waals surface area contributed by atoms with Crippen molar-refractivity contribution in [1.29, 1.82) is 0 Å². The fourth-order valence-electron chi connectivity index (χ4n) is 2.58. The molecule has 3 rings (SSSR count). The summed E-state index contributed by atoms with van der Waals surface area (Å²) in [6.45, 7) is 1.98. The Morgan fingerprint density at radius 3 is 2.17 bits per heavy atom. The third-order valence-electron chi connectivity index (χ3n) is 4.22. The zero-order valence-electron chi connectivity index (χ0n) is 15.4. The summed E-state index contributed by atoms with van der Waals surface area (Å²) >= 11 is 0. The number of amides is 1. The van der Waals surface area contributed by atoms with Crippen molar-refractivity contribution in [2.45, 2.75) is 18.2 Å². The second-order valence-electron chi connectivity index (χ2n) is 6.26. The maximum atomic E-state index is 14.4. The lowest BCUT2D eigenvalue weighted by Crippen LogP contribution is -2.15. The van der Waals surface area contributed by atoms with Gasteiger partial charge >= 0.3 is 0 Å². The molecule has 5 nitrogen and oxygen atoms in total. The minimum atomic E-state index is -4.00. The summed E-state index contributed by atoms with van der Waals surface area (Å²) in [6, 6.07) is 14.8. The normalized spacial score (nSPS) is 11.1. The van der Waals surface area contributed by atoms with Crippen molar-refractivity contribution < 1.29 is 22.0 Å². The Morgan fingerprint density at radius 2 is 1.59 bits per heavy atom. The molecule has 0 unspecified atom stereocenters. The number of nitrogens with one attached hydrogen (secondary N) is 2. The molecular formula is C21H18F2N2O3S. The summed E-state index contributed by atoms with van der Waals surface area (Å²) in [5.74, 6) is -2.06. The van der Waals surface area contributed by atoms with Gasteiger partial charge in [0.1, 0.15) is 11.6 Å². The molecule has 0 aliphatic rings. The van der Waals surface area contributed by atoms with Crippen LogP contribution in [0.4, 0.5) is 20.2 Å².